The van der Waals surface area contributed by atoms with Gasteiger partial charge in [-0.05, 0) is 106 Å². The van der Waals surface area contributed by atoms with Crippen LogP contribution in [-0.4, -0.2) is 4.98 Å². The van der Waals surface area contributed by atoms with E-state index >= 15 is 0 Å². The van der Waals surface area contributed by atoms with Gasteiger partial charge in [-0.3, -0.25) is 0 Å². The van der Waals surface area contributed by atoms with Crippen LogP contribution in [0.15, 0.2) is 184 Å². The first-order chi connectivity index (χ1) is 27.2. The molecule has 0 fully saturated rings. The summed E-state index contributed by atoms with van der Waals surface area (Å²) in [5.74, 6) is 0.613. The van der Waals surface area contributed by atoms with Crippen LogP contribution in [0, 0.1) is 0 Å². The number of fused-ring (bicyclic) bond motifs is 8. The molecule has 0 atom stereocenters. The Morgan fingerprint density at radius 3 is 2.25 bits per heavy atom. The number of benzene rings is 7. The van der Waals surface area contributed by atoms with Crippen LogP contribution in [0.25, 0.3) is 78.0 Å². The fraction of sp³-hybridized carbons (Fsp3) is 0.0392. The van der Waals surface area contributed by atoms with Crippen molar-refractivity contribution in [2.24, 2.45) is 0 Å². The van der Waals surface area contributed by atoms with Crippen molar-refractivity contribution < 1.29 is 8.83 Å². The Balaban J connectivity index is 1.15. The van der Waals surface area contributed by atoms with Gasteiger partial charge in [0.05, 0.1) is 11.4 Å². The minimum Gasteiger partial charge on any atom is -0.447 e. The SMILES string of the molecule is C1=C=c2oc3ccccc3c2=CC=1N(c1ccc2ccc3ccc4nc(-c5ccccc5)oc4c3c2c1)c1ccccc1C1=CC(c2ccccc2)=CCC1. The predicted molar refractivity (Wildman–Crippen MR) is 225 cm³/mol. The van der Waals surface area contributed by atoms with Crippen molar-refractivity contribution in [3.05, 3.63) is 197 Å². The number of hydrogen-bond acceptors (Lipinski definition) is 4. The van der Waals surface area contributed by atoms with Crippen molar-refractivity contribution in [3.63, 3.8) is 0 Å². The molecule has 4 nitrogen and oxygen atoms in total. The molecule has 0 saturated heterocycles. The van der Waals surface area contributed by atoms with Gasteiger partial charge in [0, 0.05) is 32.8 Å². The second-order valence-electron chi connectivity index (χ2n) is 14.1. The quantitative estimate of drug-likeness (QED) is 0.128. The van der Waals surface area contributed by atoms with Crippen molar-refractivity contribution in [3.8, 4) is 11.5 Å². The first kappa shape index (κ1) is 31.2. The highest BCUT2D eigenvalue weighted by atomic mass is 16.3. The van der Waals surface area contributed by atoms with E-state index in [4.69, 9.17) is 13.8 Å². The number of oxazole rings is 1. The molecule has 0 spiro atoms. The zero-order valence-corrected chi connectivity index (χ0v) is 29.8. The highest BCUT2D eigenvalue weighted by molar-refractivity contribution is 6.18. The number of hydrogen-bond donors (Lipinski definition) is 0. The van der Waals surface area contributed by atoms with Gasteiger partial charge in [-0.15, -0.1) is 0 Å². The van der Waals surface area contributed by atoms with Crippen LogP contribution in [0.2, 0.25) is 0 Å². The zero-order chi connectivity index (χ0) is 36.3. The maximum Gasteiger partial charge on any atom is 0.227 e. The molecule has 7 aromatic carbocycles. The van der Waals surface area contributed by atoms with E-state index in [-0.39, 0.29) is 0 Å². The average Bonchev–Trinajstić information content (AvgIpc) is 3.87. The molecule has 0 amide bonds. The maximum atomic E-state index is 6.61. The summed E-state index contributed by atoms with van der Waals surface area (Å²) in [5.41, 5.74) is 18.9. The minimum absolute atomic E-state index is 0.613. The third-order valence-electron chi connectivity index (χ3n) is 10.8. The summed E-state index contributed by atoms with van der Waals surface area (Å²) in [5, 5.41) is 6.40. The van der Waals surface area contributed by atoms with Crippen molar-refractivity contribution in [2.75, 3.05) is 4.90 Å². The van der Waals surface area contributed by atoms with Crippen LogP contribution < -0.4 is 15.5 Å². The van der Waals surface area contributed by atoms with Crippen LogP contribution in [-0.2, 0) is 0 Å². The molecule has 4 heteroatoms. The van der Waals surface area contributed by atoms with E-state index in [1.807, 2.05) is 42.5 Å². The van der Waals surface area contributed by atoms with Crippen molar-refractivity contribution in [2.45, 2.75) is 12.8 Å². The number of furan rings is 1. The van der Waals surface area contributed by atoms with E-state index in [0.29, 0.717) is 11.3 Å². The summed E-state index contributed by atoms with van der Waals surface area (Å²) in [6, 6.07) is 52.9. The number of nitrogens with zero attached hydrogens (tertiary/aromatic N) is 2. The molecule has 0 unspecified atom stereocenters. The summed E-state index contributed by atoms with van der Waals surface area (Å²) in [4.78, 5) is 7.25. The molecular weight excluding hydrogens is 673 g/mol. The topological polar surface area (TPSA) is 42.4 Å². The van der Waals surface area contributed by atoms with Crippen molar-refractivity contribution >= 4 is 77.9 Å². The highest BCUT2D eigenvalue weighted by Crippen LogP contribution is 2.42. The lowest BCUT2D eigenvalue weighted by molar-refractivity contribution is 0.576. The monoisotopic (exact) mass is 704 g/mol. The molecule has 258 valence electrons. The molecule has 2 aromatic heterocycles. The molecule has 2 aliphatic carbocycles. The lowest BCUT2D eigenvalue weighted by Crippen LogP contribution is -2.25. The van der Waals surface area contributed by atoms with Crippen LogP contribution in [0.3, 0.4) is 0 Å². The van der Waals surface area contributed by atoms with E-state index < -0.39 is 0 Å². The minimum atomic E-state index is 0.613. The Hall–Kier alpha value is -7.35. The van der Waals surface area contributed by atoms with E-state index in [2.05, 4.69) is 144 Å². The van der Waals surface area contributed by atoms with Crippen LogP contribution in [0.5, 0.6) is 0 Å². The Bertz CT molecular complexity index is 3280. The van der Waals surface area contributed by atoms with Gasteiger partial charge in [0.15, 0.2) is 11.0 Å². The standard InChI is InChI=1S/C51H32N2O2/c1-3-12-33(13-4-1)37-16-11-17-38(30-37)41-18-7-9-20-46(41)53(40-27-29-48-44(32-40)42-19-8-10-21-47(42)54-48)39-26-24-34-22-23-35-25-28-45-50(49(35)43(34)31-39)55-51(52-45)36-14-5-2-6-15-36/h1-10,12-16,18-26,28,30-32H,11,17H2. The van der Waals surface area contributed by atoms with Gasteiger partial charge < -0.3 is 13.7 Å². The lowest BCUT2D eigenvalue weighted by Gasteiger charge is -2.29. The third-order valence-corrected chi connectivity index (χ3v) is 10.8. The van der Waals surface area contributed by atoms with Gasteiger partial charge >= 0.3 is 0 Å². The Kier molecular flexibility index (Phi) is 7.18. The molecule has 2 heterocycles. The van der Waals surface area contributed by atoms with E-state index in [0.717, 1.165) is 84.3 Å². The summed E-state index contributed by atoms with van der Waals surface area (Å²) >= 11 is 0. The Morgan fingerprint density at radius 1 is 0.618 bits per heavy atom. The fourth-order valence-electron chi connectivity index (χ4n) is 8.16. The molecule has 0 saturated carbocycles. The Morgan fingerprint density at radius 2 is 1.36 bits per heavy atom. The third kappa shape index (κ3) is 5.29. The molecular formula is C51H32N2O2. The first-order valence-electron chi connectivity index (χ1n) is 18.7. The van der Waals surface area contributed by atoms with Crippen LogP contribution in [0.4, 0.5) is 11.4 Å². The second-order valence-corrected chi connectivity index (χ2v) is 14.1. The summed E-state index contributed by atoms with van der Waals surface area (Å²) in [6.07, 6.45) is 8.81. The van der Waals surface area contributed by atoms with E-state index in [9.17, 15) is 0 Å². The van der Waals surface area contributed by atoms with Gasteiger partial charge in [-0.1, -0.05) is 121 Å². The van der Waals surface area contributed by atoms with Crippen molar-refractivity contribution in [1.82, 2.24) is 4.98 Å². The second kappa shape index (κ2) is 12.7. The molecule has 0 aliphatic heterocycles. The summed E-state index contributed by atoms with van der Waals surface area (Å²) in [7, 11) is 0. The van der Waals surface area contributed by atoms with Crippen molar-refractivity contribution in [1.29, 1.82) is 0 Å². The number of para-hydroxylation sites is 2. The predicted octanol–water partition coefficient (Wildman–Crippen LogP) is 11.9. The molecule has 0 N–H and O–H groups in total. The maximum absolute atomic E-state index is 6.61. The number of allylic oxidation sites excluding steroid dienone is 5. The van der Waals surface area contributed by atoms with Crippen LogP contribution in [0.1, 0.15) is 24.0 Å². The van der Waals surface area contributed by atoms with Gasteiger partial charge in [0.1, 0.15) is 11.1 Å². The van der Waals surface area contributed by atoms with Crippen LogP contribution >= 0.6 is 0 Å². The number of aromatic nitrogens is 1. The number of anilines is 2. The Labute approximate surface area is 316 Å². The number of rotatable bonds is 6. The smallest absolute Gasteiger partial charge is 0.227 e. The van der Waals surface area contributed by atoms with Gasteiger partial charge in [0.25, 0.3) is 0 Å². The van der Waals surface area contributed by atoms with E-state index in [1.165, 1.54) is 22.3 Å². The molecule has 11 rings (SSSR count). The molecule has 55 heavy (non-hydrogen) atoms. The molecule has 9 aromatic rings. The molecule has 2 aliphatic rings. The average molecular weight is 705 g/mol. The largest absolute Gasteiger partial charge is 0.447 e. The summed E-state index contributed by atoms with van der Waals surface area (Å²) in [6.45, 7) is 0. The first-order valence-corrected chi connectivity index (χ1v) is 18.7. The highest BCUT2D eigenvalue weighted by Gasteiger charge is 2.23. The fourth-order valence-corrected chi connectivity index (χ4v) is 8.16. The molecule has 0 bridgehead atoms. The lowest BCUT2D eigenvalue weighted by atomic mass is 9.89. The van der Waals surface area contributed by atoms with Gasteiger partial charge in [-0.25, -0.2) is 4.98 Å². The van der Waals surface area contributed by atoms with E-state index in [1.54, 1.807) is 0 Å². The summed E-state index contributed by atoms with van der Waals surface area (Å²) < 4.78 is 12.8. The normalized spacial score (nSPS) is 13.6. The molecule has 0 radical (unpaired) electrons. The van der Waals surface area contributed by atoms with Gasteiger partial charge in [0.2, 0.25) is 5.89 Å². The zero-order valence-electron chi connectivity index (χ0n) is 29.8. The van der Waals surface area contributed by atoms with Gasteiger partial charge in [-0.2, -0.15) is 0 Å².